The van der Waals surface area contributed by atoms with Gasteiger partial charge < -0.3 is 9.84 Å². The third-order valence-corrected chi connectivity index (χ3v) is 7.11. The summed E-state index contributed by atoms with van der Waals surface area (Å²) in [5.74, 6) is 0.358. The molecule has 4 nitrogen and oxygen atoms in total. The van der Waals surface area contributed by atoms with Crippen molar-refractivity contribution in [2.45, 2.75) is 85.0 Å². The smallest absolute Gasteiger partial charge is 0.309 e. The first-order chi connectivity index (χ1) is 12.5. The van der Waals surface area contributed by atoms with Gasteiger partial charge in [0.15, 0.2) is 0 Å². The Morgan fingerprint density at radius 1 is 1.00 bits per heavy atom. The van der Waals surface area contributed by atoms with E-state index in [0.29, 0.717) is 31.3 Å². The van der Waals surface area contributed by atoms with Gasteiger partial charge in [0.1, 0.15) is 0 Å². The van der Waals surface area contributed by atoms with Crippen molar-refractivity contribution < 1.29 is 19.4 Å². The number of rotatable bonds is 8. The van der Waals surface area contributed by atoms with Crippen LogP contribution >= 0.6 is 0 Å². The first kappa shape index (κ1) is 21.2. The third kappa shape index (κ3) is 5.47. The normalized spacial score (nSPS) is 35.0. The number of esters is 1. The maximum absolute atomic E-state index is 12.5. The predicted molar refractivity (Wildman–Crippen MR) is 103 cm³/mol. The van der Waals surface area contributed by atoms with Crippen molar-refractivity contribution in [2.75, 3.05) is 6.61 Å². The topological polar surface area (TPSA) is 63.6 Å². The Morgan fingerprint density at radius 3 is 2.35 bits per heavy atom. The molecule has 0 spiro atoms. The van der Waals surface area contributed by atoms with Crippen LogP contribution in [0.25, 0.3) is 0 Å². The van der Waals surface area contributed by atoms with E-state index in [4.69, 9.17) is 4.74 Å². The molecule has 0 heterocycles. The fraction of sp³-hybridized carbons (Fsp3) is 0.909. The van der Waals surface area contributed by atoms with Gasteiger partial charge in [-0.25, -0.2) is 0 Å². The first-order valence-electron chi connectivity index (χ1n) is 10.8. The average molecular weight is 367 g/mol. The van der Waals surface area contributed by atoms with Crippen molar-refractivity contribution in [1.29, 1.82) is 0 Å². The van der Waals surface area contributed by atoms with Crippen LogP contribution in [0, 0.1) is 35.5 Å². The molecule has 0 amide bonds. The van der Waals surface area contributed by atoms with Gasteiger partial charge in [-0.15, -0.1) is 0 Å². The lowest BCUT2D eigenvalue weighted by molar-refractivity contribution is -0.161. The number of hydrogen-bond donors (Lipinski definition) is 1. The molecule has 4 heteroatoms. The van der Waals surface area contributed by atoms with Crippen LogP contribution < -0.4 is 0 Å². The van der Waals surface area contributed by atoms with E-state index in [2.05, 4.69) is 20.8 Å². The summed E-state index contributed by atoms with van der Waals surface area (Å²) in [7, 11) is 0. The zero-order valence-corrected chi connectivity index (χ0v) is 16.9. The van der Waals surface area contributed by atoms with Crippen LogP contribution in [0.3, 0.4) is 0 Å². The van der Waals surface area contributed by atoms with Gasteiger partial charge in [-0.05, 0) is 49.4 Å². The minimum atomic E-state index is -0.845. The van der Waals surface area contributed by atoms with E-state index in [1.165, 1.54) is 32.1 Å². The summed E-state index contributed by atoms with van der Waals surface area (Å²) < 4.78 is 5.68. The average Bonchev–Trinajstić information content (AvgIpc) is 2.63. The minimum absolute atomic E-state index is 0.273. The van der Waals surface area contributed by atoms with E-state index in [1.54, 1.807) is 0 Å². The molecule has 2 aliphatic carbocycles. The third-order valence-electron chi connectivity index (χ3n) is 7.11. The summed E-state index contributed by atoms with van der Waals surface area (Å²) in [5.41, 5.74) is 0. The molecule has 26 heavy (non-hydrogen) atoms. The molecule has 0 bridgehead atoms. The lowest BCUT2D eigenvalue weighted by atomic mass is 9.66. The van der Waals surface area contributed by atoms with Gasteiger partial charge in [0, 0.05) is 0 Å². The molecule has 0 aromatic rings. The van der Waals surface area contributed by atoms with Crippen LogP contribution in [0.15, 0.2) is 0 Å². The van der Waals surface area contributed by atoms with Crippen molar-refractivity contribution in [2.24, 2.45) is 35.5 Å². The van der Waals surface area contributed by atoms with Crippen molar-refractivity contribution in [3.63, 3.8) is 0 Å². The summed E-state index contributed by atoms with van der Waals surface area (Å²) in [6, 6.07) is 0. The number of carboxylic acids is 1. The van der Waals surface area contributed by atoms with Crippen molar-refractivity contribution in [3.8, 4) is 0 Å². The van der Waals surface area contributed by atoms with Crippen molar-refractivity contribution in [3.05, 3.63) is 0 Å². The Bertz CT molecular complexity index is 461. The monoisotopic (exact) mass is 366 g/mol. The highest BCUT2D eigenvalue weighted by molar-refractivity contribution is 5.81. The molecular formula is C22H38O4. The summed E-state index contributed by atoms with van der Waals surface area (Å²) in [4.78, 5) is 24.0. The van der Waals surface area contributed by atoms with E-state index in [9.17, 15) is 14.7 Å². The van der Waals surface area contributed by atoms with Crippen LogP contribution in [-0.4, -0.2) is 23.7 Å². The van der Waals surface area contributed by atoms with Crippen molar-refractivity contribution >= 4 is 11.9 Å². The second kappa shape index (κ2) is 10.3. The number of unbranched alkanes of at least 4 members (excludes halogenated alkanes) is 2. The van der Waals surface area contributed by atoms with E-state index >= 15 is 0 Å². The lowest BCUT2D eigenvalue weighted by Gasteiger charge is -2.40. The summed E-state index contributed by atoms with van der Waals surface area (Å²) in [6.45, 7) is 7.41. The summed E-state index contributed by atoms with van der Waals surface area (Å²) in [6.07, 6.45) is 10.6. The molecule has 0 saturated heterocycles. The standard InChI is InChI=1S/C22H38O4/c1-4-5-6-9-18-15(2)12-13-17(16(18)3)14-26-22(25)20-11-8-7-10-19(20)21(23)24/h15-20H,4-14H2,1-3H3,(H,23,24). The van der Waals surface area contributed by atoms with Gasteiger partial charge in [0.05, 0.1) is 18.4 Å². The van der Waals surface area contributed by atoms with Gasteiger partial charge >= 0.3 is 11.9 Å². The highest BCUT2D eigenvalue weighted by Gasteiger charge is 2.38. The van der Waals surface area contributed by atoms with Gasteiger partial charge in [0.2, 0.25) is 0 Å². The lowest BCUT2D eigenvalue weighted by Crippen LogP contribution is -2.37. The molecule has 6 unspecified atom stereocenters. The fourth-order valence-corrected chi connectivity index (χ4v) is 5.24. The molecule has 0 aliphatic heterocycles. The Balaban J connectivity index is 1.87. The van der Waals surface area contributed by atoms with Gasteiger partial charge in [-0.3, -0.25) is 9.59 Å². The van der Waals surface area contributed by atoms with Crippen LogP contribution in [0.1, 0.15) is 85.0 Å². The second-order valence-corrected chi connectivity index (χ2v) is 8.80. The highest BCUT2D eigenvalue weighted by atomic mass is 16.5. The van der Waals surface area contributed by atoms with Crippen LogP contribution in [-0.2, 0) is 14.3 Å². The number of carboxylic acid groups (broad SMARTS) is 1. The Hall–Kier alpha value is -1.06. The van der Waals surface area contributed by atoms with E-state index in [1.807, 2.05) is 0 Å². The van der Waals surface area contributed by atoms with Gasteiger partial charge in [-0.2, -0.15) is 0 Å². The molecular weight excluding hydrogens is 328 g/mol. The number of carbonyl (C=O) groups excluding carboxylic acids is 1. The summed E-state index contributed by atoms with van der Waals surface area (Å²) >= 11 is 0. The Morgan fingerprint density at radius 2 is 1.69 bits per heavy atom. The first-order valence-corrected chi connectivity index (χ1v) is 10.8. The highest BCUT2D eigenvalue weighted by Crippen LogP contribution is 2.41. The molecule has 2 rings (SSSR count). The van der Waals surface area contributed by atoms with E-state index in [0.717, 1.165) is 31.1 Å². The SMILES string of the molecule is CCCCCC1C(C)CCC(COC(=O)C2CCCCC2C(=O)O)C1C. The second-order valence-electron chi connectivity index (χ2n) is 8.80. The number of ether oxygens (including phenoxy) is 1. The van der Waals surface area contributed by atoms with E-state index < -0.39 is 17.8 Å². The van der Waals surface area contributed by atoms with Crippen LogP contribution in [0.5, 0.6) is 0 Å². The maximum atomic E-state index is 12.5. The predicted octanol–water partition coefficient (Wildman–Crippen LogP) is 5.30. The zero-order valence-electron chi connectivity index (χ0n) is 16.9. The van der Waals surface area contributed by atoms with Crippen molar-refractivity contribution in [1.82, 2.24) is 0 Å². The minimum Gasteiger partial charge on any atom is -0.481 e. The molecule has 0 aromatic heterocycles. The number of aliphatic carboxylic acids is 1. The Labute approximate surface area is 159 Å². The molecule has 0 radical (unpaired) electrons. The van der Waals surface area contributed by atoms with Gasteiger partial charge in [0.25, 0.3) is 0 Å². The zero-order chi connectivity index (χ0) is 19.1. The molecule has 150 valence electrons. The van der Waals surface area contributed by atoms with Gasteiger partial charge in [-0.1, -0.05) is 59.3 Å². The number of carbonyl (C=O) groups is 2. The maximum Gasteiger partial charge on any atom is 0.309 e. The Kier molecular flexibility index (Phi) is 8.43. The fourth-order valence-electron chi connectivity index (χ4n) is 5.24. The van der Waals surface area contributed by atoms with Crippen LogP contribution in [0.2, 0.25) is 0 Å². The molecule has 6 atom stereocenters. The molecule has 1 N–H and O–H groups in total. The van der Waals surface area contributed by atoms with E-state index in [-0.39, 0.29) is 5.97 Å². The van der Waals surface area contributed by atoms with Crippen LogP contribution in [0.4, 0.5) is 0 Å². The molecule has 2 fully saturated rings. The molecule has 0 aromatic carbocycles. The molecule has 2 aliphatic rings. The number of hydrogen-bond acceptors (Lipinski definition) is 3. The molecule has 2 saturated carbocycles. The quantitative estimate of drug-likeness (QED) is 0.468. The largest absolute Gasteiger partial charge is 0.481 e. The summed E-state index contributed by atoms with van der Waals surface area (Å²) in [5, 5.41) is 9.38.